The second kappa shape index (κ2) is 7.79. The van der Waals surface area contributed by atoms with Crippen LogP contribution < -0.4 is 5.32 Å². The molecule has 0 amide bonds. The van der Waals surface area contributed by atoms with Gasteiger partial charge in [0.2, 0.25) is 0 Å². The Morgan fingerprint density at radius 3 is 2.20 bits per heavy atom. The quantitative estimate of drug-likeness (QED) is 0.817. The van der Waals surface area contributed by atoms with Crippen LogP contribution in [0.3, 0.4) is 0 Å². The lowest BCUT2D eigenvalue weighted by Gasteiger charge is -2.47. The summed E-state index contributed by atoms with van der Waals surface area (Å²) < 4.78 is 0. The standard InChI is InChI=1S/C18H36N2/c1-14(2)10-16-13-20(17-8-6-5-7-9-17)18(12-19-16)11-15(3)4/h14-19H,5-13H2,1-4H3. The van der Waals surface area contributed by atoms with E-state index in [1.54, 1.807) is 0 Å². The first-order chi connectivity index (χ1) is 9.56. The van der Waals surface area contributed by atoms with Crippen LogP contribution in [0.5, 0.6) is 0 Å². The van der Waals surface area contributed by atoms with Crippen molar-refractivity contribution in [1.29, 1.82) is 0 Å². The highest BCUT2D eigenvalue weighted by atomic mass is 15.3. The molecule has 1 N–H and O–H groups in total. The number of rotatable bonds is 5. The summed E-state index contributed by atoms with van der Waals surface area (Å²) in [4.78, 5) is 2.91. The molecular weight excluding hydrogens is 244 g/mol. The minimum absolute atomic E-state index is 0.723. The predicted molar refractivity (Wildman–Crippen MR) is 88.1 cm³/mol. The van der Waals surface area contributed by atoms with Gasteiger partial charge in [-0.05, 0) is 37.5 Å². The molecule has 0 radical (unpaired) electrons. The van der Waals surface area contributed by atoms with E-state index in [1.165, 1.54) is 58.0 Å². The van der Waals surface area contributed by atoms with E-state index < -0.39 is 0 Å². The topological polar surface area (TPSA) is 15.3 Å². The fourth-order valence-corrected chi connectivity index (χ4v) is 4.24. The number of piperazine rings is 1. The van der Waals surface area contributed by atoms with E-state index in [4.69, 9.17) is 0 Å². The molecule has 2 heteroatoms. The van der Waals surface area contributed by atoms with Gasteiger partial charge in [-0.25, -0.2) is 0 Å². The predicted octanol–water partition coefficient (Wildman–Crippen LogP) is 4.05. The van der Waals surface area contributed by atoms with Crippen LogP contribution in [0.4, 0.5) is 0 Å². The zero-order valence-electron chi connectivity index (χ0n) is 14.2. The van der Waals surface area contributed by atoms with Gasteiger partial charge in [0.25, 0.3) is 0 Å². The maximum Gasteiger partial charge on any atom is 0.0226 e. The largest absolute Gasteiger partial charge is 0.311 e. The van der Waals surface area contributed by atoms with Crippen LogP contribution in [0, 0.1) is 11.8 Å². The minimum Gasteiger partial charge on any atom is -0.311 e. The summed E-state index contributed by atoms with van der Waals surface area (Å²) in [5.74, 6) is 1.62. The van der Waals surface area contributed by atoms with E-state index in [0.717, 1.165) is 30.0 Å². The Balaban J connectivity index is 1.97. The summed E-state index contributed by atoms with van der Waals surface area (Å²) in [6.45, 7) is 12.0. The van der Waals surface area contributed by atoms with Crippen molar-refractivity contribution in [2.75, 3.05) is 13.1 Å². The van der Waals surface area contributed by atoms with Gasteiger partial charge in [-0.2, -0.15) is 0 Å². The van der Waals surface area contributed by atoms with Crippen LogP contribution in [-0.2, 0) is 0 Å². The Kier molecular flexibility index (Phi) is 6.35. The van der Waals surface area contributed by atoms with Crippen molar-refractivity contribution in [1.82, 2.24) is 10.2 Å². The van der Waals surface area contributed by atoms with E-state index >= 15 is 0 Å². The van der Waals surface area contributed by atoms with Crippen LogP contribution in [0.25, 0.3) is 0 Å². The van der Waals surface area contributed by atoms with Gasteiger partial charge in [0.05, 0.1) is 0 Å². The highest BCUT2D eigenvalue weighted by molar-refractivity contribution is 4.91. The fourth-order valence-electron chi connectivity index (χ4n) is 4.24. The van der Waals surface area contributed by atoms with E-state index in [0.29, 0.717) is 0 Å². The van der Waals surface area contributed by atoms with E-state index in [2.05, 4.69) is 37.9 Å². The minimum atomic E-state index is 0.723. The number of hydrogen-bond acceptors (Lipinski definition) is 2. The van der Waals surface area contributed by atoms with E-state index in [9.17, 15) is 0 Å². The molecule has 20 heavy (non-hydrogen) atoms. The van der Waals surface area contributed by atoms with Gasteiger partial charge >= 0.3 is 0 Å². The average Bonchev–Trinajstić information content (AvgIpc) is 2.40. The molecule has 0 spiro atoms. The lowest BCUT2D eigenvalue weighted by atomic mass is 9.89. The third-order valence-corrected chi connectivity index (χ3v) is 5.09. The zero-order valence-corrected chi connectivity index (χ0v) is 14.2. The van der Waals surface area contributed by atoms with Gasteiger partial charge in [-0.1, -0.05) is 47.0 Å². The molecule has 1 heterocycles. The smallest absolute Gasteiger partial charge is 0.0226 e. The maximum absolute atomic E-state index is 3.83. The second-order valence-electron chi connectivity index (χ2n) is 8.01. The Morgan fingerprint density at radius 1 is 0.950 bits per heavy atom. The molecule has 1 saturated heterocycles. The summed E-state index contributed by atoms with van der Waals surface area (Å²) in [6.07, 6.45) is 9.96. The van der Waals surface area contributed by atoms with Crippen LogP contribution in [0.15, 0.2) is 0 Å². The van der Waals surface area contributed by atoms with Gasteiger partial charge in [0.15, 0.2) is 0 Å². The Morgan fingerprint density at radius 2 is 1.60 bits per heavy atom. The number of nitrogens with one attached hydrogen (secondary N) is 1. The highest BCUT2D eigenvalue weighted by Gasteiger charge is 2.33. The molecule has 0 aromatic carbocycles. The van der Waals surface area contributed by atoms with Crippen molar-refractivity contribution in [2.45, 2.75) is 90.8 Å². The van der Waals surface area contributed by atoms with Crippen molar-refractivity contribution < 1.29 is 0 Å². The lowest BCUT2D eigenvalue weighted by molar-refractivity contribution is 0.0472. The third-order valence-electron chi connectivity index (χ3n) is 5.09. The molecular formula is C18H36N2. The number of hydrogen-bond donors (Lipinski definition) is 1. The van der Waals surface area contributed by atoms with E-state index in [1.807, 2.05) is 0 Å². The normalized spacial score (nSPS) is 30.3. The summed E-state index contributed by atoms with van der Waals surface area (Å²) in [5.41, 5.74) is 0. The van der Waals surface area contributed by atoms with Crippen LogP contribution in [0.2, 0.25) is 0 Å². The molecule has 2 fully saturated rings. The molecule has 2 rings (SSSR count). The molecule has 0 aromatic rings. The molecule has 2 atom stereocenters. The first-order valence-corrected chi connectivity index (χ1v) is 9.05. The van der Waals surface area contributed by atoms with Crippen LogP contribution in [-0.4, -0.2) is 36.1 Å². The van der Waals surface area contributed by atoms with Gasteiger partial charge < -0.3 is 5.32 Å². The molecule has 2 unspecified atom stereocenters. The third kappa shape index (κ3) is 4.73. The monoisotopic (exact) mass is 280 g/mol. The fraction of sp³-hybridized carbons (Fsp3) is 1.00. The van der Waals surface area contributed by atoms with Gasteiger partial charge in [-0.15, -0.1) is 0 Å². The van der Waals surface area contributed by atoms with Crippen molar-refractivity contribution >= 4 is 0 Å². The van der Waals surface area contributed by atoms with E-state index in [-0.39, 0.29) is 0 Å². The van der Waals surface area contributed by atoms with Gasteiger partial charge in [0.1, 0.15) is 0 Å². The van der Waals surface area contributed by atoms with Crippen molar-refractivity contribution in [2.24, 2.45) is 11.8 Å². The molecule has 1 saturated carbocycles. The summed E-state index contributed by atoms with van der Waals surface area (Å²) in [7, 11) is 0. The molecule has 0 bridgehead atoms. The molecule has 2 nitrogen and oxygen atoms in total. The van der Waals surface area contributed by atoms with Crippen LogP contribution >= 0.6 is 0 Å². The van der Waals surface area contributed by atoms with Crippen molar-refractivity contribution in [3.8, 4) is 0 Å². The summed E-state index contributed by atoms with van der Waals surface area (Å²) >= 11 is 0. The second-order valence-corrected chi connectivity index (χ2v) is 8.01. The van der Waals surface area contributed by atoms with Gasteiger partial charge in [0, 0.05) is 31.2 Å². The zero-order chi connectivity index (χ0) is 14.5. The molecule has 0 aromatic heterocycles. The Hall–Kier alpha value is -0.0800. The SMILES string of the molecule is CC(C)CC1CN(C2CCCCC2)C(CC(C)C)CN1. The first-order valence-electron chi connectivity index (χ1n) is 9.05. The maximum atomic E-state index is 3.83. The Bertz CT molecular complexity index is 269. The average molecular weight is 280 g/mol. The molecule has 2 aliphatic rings. The summed E-state index contributed by atoms with van der Waals surface area (Å²) in [6, 6.07) is 2.38. The number of nitrogens with zero attached hydrogens (tertiary/aromatic N) is 1. The molecule has 1 aliphatic heterocycles. The van der Waals surface area contributed by atoms with Crippen molar-refractivity contribution in [3.63, 3.8) is 0 Å². The van der Waals surface area contributed by atoms with Crippen LogP contribution in [0.1, 0.15) is 72.6 Å². The van der Waals surface area contributed by atoms with Gasteiger partial charge in [-0.3, -0.25) is 4.90 Å². The lowest BCUT2D eigenvalue weighted by Crippen LogP contribution is -2.60. The molecule has 1 aliphatic carbocycles. The molecule has 118 valence electrons. The summed E-state index contributed by atoms with van der Waals surface area (Å²) in [5, 5.41) is 3.83. The Labute approximate surface area is 126 Å². The van der Waals surface area contributed by atoms with Crippen molar-refractivity contribution in [3.05, 3.63) is 0 Å². The first kappa shape index (κ1) is 16.3. The highest BCUT2D eigenvalue weighted by Crippen LogP contribution is 2.28.